The molecule has 1 N–H and O–H groups in total. The SMILES string of the molecule is [C-]#[N+][C@]1(C)C[C@@H](C(=O)OCC)NC1c1ccc(C)nc1. The van der Waals surface area contributed by atoms with Gasteiger partial charge in [-0.3, -0.25) is 15.1 Å². The highest BCUT2D eigenvalue weighted by molar-refractivity contribution is 5.77. The van der Waals surface area contributed by atoms with Crippen molar-refractivity contribution in [3.05, 3.63) is 41.0 Å². The maximum atomic E-state index is 11.9. The lowest BCUT2D eigenvalue weighted by Gasteiger charge is -2.19. The summed E-state index contributed by atoms with van der Waals surface area (Å²) in [4.78, 5) is 19.9. The molecule has 1 saturated heterocycles. The van der Waals surface area contributed by atoms with Crippen LogP contribution in [0.4, 0.5) is 0 Å². The summed E-state index contributed by atoms with van der Waals surface area (Å²) in [5.74, 6) is -0.287. The quantitative estimate of drug-likeness (QED) is 0.676. The number of hydrogen-bond acceptors (Lipinski definition) is 4. The lowest BCUT2D eigenvalue weighted by atomic mass is 9.88. The van der Waals surface area contributed by atoms with E-state index in [0.29, 0.717) is 13.0 Å². The van der Waals surface area contributed by atoms with Crippen molar-refractivity contribution in [1.82, 2.24) is 10.3 Å². The van der Waals surface area contributed by atoms with Crippen molar-refractivity contribution >= 4 is 5.97 Å². The molecule has 0 amide bonds. The Morgan fingerprint density at radius 3 is 2.95 bits per heavy atom. The van der Waals surface area contributed by atoms with E-state index >= 15 is 0 Å². The van der Waals surface area contributed by atoms with Crippen LogP contribution < -0.4 is 5.32 Å². The summed E-state index contributed by atoms with van der Waals surface area (Å²) in [5.41, 5.74) is 1.20. The molecule has 0 aliphatic carbocycles. The van der Waals surface area contributed by atoms with E-state index < -0.39 is 11.6 Å². The summed E-state index contributed by atoms with van der Waals surface area (Å²) >= 11 is 0. The fourth-order valence-corrected chi connectivity index (χ4v) is 2.58. The predicted octanol–water partition coefficient (Wildman–Crippen LogP) is 2.03. The molecule has 0 bridgehead atoms. The molecule has 1 aromatic heterocycles. The molecule has 1 aromatic rings. The first-order valence-corrected chi connectivity index (χ1v) is 6.74. The second-order valence-corrected chi connectivity index (χ2v) is 5.31. The van der Waals surface area contributed by atoms with Crippen LogP contribution in [0.3, 0.4) is 0 Å². The summed E-state index contributed by atoms with van der Waals surface area (Å²) < 4.78 is 5.05. The third kappa shape index (κ3) is 2.66. The molecule has 20 heavy (non-hydrogen) atoms. The molecule has 1 unspecified atom stereocenters. The van der Waals surface area contributed by atoms with E-state index in [9.17, 15) is 4.79 Å². The van der Waals surface area contributed by atoms with E-state index in [1.807, 2.05) is 26.0 Å². The summed E-state index contributed by atoms with van der Waals surface area (Å²) in [6.07, 6.45) is 2.22. The number of nitrogens with zero attached hydrogens (tertiary/aromatic N) is 2. The minimum absolute atomic E-state index is 0.206. The Labute approximate surface area is 119 Å². The van der Waals surface area contributed by atoms with Crippen molar-refractivity contribution in [2.45, 2.75) is 44.8 Å². The predicted molar refractivity (Wildman–Crippen MR) is 74.9 cm³/mol. The topological polar surface area (TPSA) is 55.6 Å². The number of carbonyl (C=O) groups excluding carboxylic acids is 1. The van der Waals surface area contributed by atoms with Crippen LogP contribution in [0.1, 0.15) is 37.6 Å². The molecule has 0 radical (unpaired) electrons. The van der Waals surface area contributed by atoms with Crippen molar-refractivity contribution in [3.8, 4) is 0 Å². The largest absolute Gasteiger partial charge is 0.465 e. The number of carbonyl (C=O) groups is 1. The average Bonchev–Trinajstić information content (AvgIpc) is 2.79. The summed E-state index contributed by atoms with van der Waals surface area (Å²) in [7, 11) is 0. The molecule has 106 valence electrons. The van der Waals surface area contributed by atoms with Gasteiger partial charge in [0.2, 0.25) is 0 Å². The van der Waals surface area contributed by atoms with Crippen LogP contribution >= 0.6 is 0 Å². The van der Waals surface area contributed by atoms with Gasteiger partial charge < -0.3 is 9.58 Å². The molecule has 2 rings (SSSR count). The number of hydrogen-bond donors (Lipinski definition) is 1. The van der Waals surface area contributed by atoms with E-state index in [-0.39, 0.29) is 12.0 Å². The second kappa shape index (κ2) is 5.59. The van der Waals surface area contributed by atoms with Crippen molar-refractivity contribution in [3.63, 3.8) is 0 Å². The number of rotatable bonds is 3. The second-order valence-electron chi connectivity index (χ2n) is 5.31. The Morgan fingerprint density at radius 1 is 1.65 bits per heavy atom. The van der Waals surface area contributed by atoms with Crippen LogP contribution in [-0.4, -0.2) is 29.1 Å². The zero-order chi connectivity index (χ0) is 14.8. The third-order valence-corrected chi connectivity index (χ3v) is 3.70. The molecule has 5 heteroatoms. The minimum atomic E-state index is -0.658. The average molecular weight is 273 g/mol. The summed E-state index contributed by atoms with van der Waals surface area (Å²) in [5, 5.41) is 3.22. The fraction of sp³-hybridized carbons (Fsp3) is 0.533. The summed E-state index contributed by atoms with van der Waals surface area (Å²) in [6.45, 7) is 13.4. The highest BCUT2D eigenvalue weighted by Crippen LogP contribution is 2.39. The van der Waals surface area contributed by atoms with Crippen LogP contribution in [0.25, 0.3) is 4.85 Å². The highest BCUT2D eigenvalue weighted by Gasteiger charge is 2.52. The van der Waals surface area contributed by atoms with Gasteiger partial charge in [0, 0.05) is 18.8 Å². The zero-order valence-corrected chi connectivity index (χ0v) is 12.0. The Morgan fingerprint density at radius 2 is 2.40 bits per heavy atom. The van der Waals surface area contributed by atoms with Crippen molar-refractivity contribution < 1.29 is 9.53 Å². The lowest BCUT2D eigenvalue weighted by Crippen LogP contribution is -2.34. The lowest BCUT2D eigenvalue weighted by molar-refractivity contribution is -0.145. The van der Waals surface area contributed by atoms with E-state index in [0.717, 1.165) is 11.3 Å². The van der Waals surface area contributed by atoms with Crippen LogP contribution in [0.2, 0.25) is 0 Å². The molecule has 0 aromatic carbocycles. The van der Waals surface area contributed by atoms with E-state index in [1.165, 1.54) is 0 Å². The minimum Gasteiger partial charge on any atom is -0.465 e. The highest BCUT2D eigenvalue weighted by atomic mass is 16.5. The van der Waals surface area contributed by atoms with Gasteiger partial charge in [0.05, 0.1) is 13.0 Å². The molecule has 1 aliphatic heterocycles. The number of nitrogens with one attached hydrogen (secondary N) is 1. The standard InChI is InChI=1S/C15H19N3O2/c1-5-20-14(19)12-8-15(3,16-4)13(18-12)11-7-6-10(2)17-9-11/h6-7,9,12-13,18H,5,8H2,1-3H3/t12-,13?,15+/m0/s1. The van der Waals surface area contributed by atoms with E-state index in [4.69, 9.17) is 11.3 Å². The zero-order valence-electron chi connectivity index (χ0n) is 12.0. The Kier molecular flexibility index (Phi) is 4.05. The maximum absolute atomic E-state index is 11.9. The summed E-state index contributed by atoms with van der Waals surface area (Å²) in [6, 6.07) is 3.23. The molecule has 5 nitrogen and oxygen atoms in total. The van der Waals surface area contributed by atoms with Crippen molar-refractivity contribution in [1.29, 1.82) is 0 Å². The normalized spacial score (nSPS) is 28.9. The third-order valence-electron chi connectivity index (χ3n) is 3.70. The molecule has 0 spiro atoms. The number of esters is 1. The number of aryl methyl sites for hydroxylation is 1. The van der Waals surface area contributed by atoms with Crippen molar-refractivity contribution in [2.24, 2.45) is 0 Å². The number of ether oxygens (including phenoxy) is 1. The van der Waals surface area contributed by atoms with Crippen molar-refractivity contribution in [2.75, 3.05) is 6.61 Å². The molecular formula is C15H19N3O2. The number of aromatic nitrogens is 1. The molecule has 1 aliphatic rings. The molecule has 2 heterocycles. The number of pyridine rings is 1. The molecule has 1 fully saturated rings. The van der Waals surface area contributed by atoms with Gasteiger partial charge in [0.25, 0.3) is 5.54 Å². The first-order valence-electron chi connectivity index (χ1n) is 6.74. The fourth-order valence-electron chi connectivity index (χ4n) is 2.58. The van der Waals surface area contributed by atoms with Gasteiger partial charge in [-0.25, -0.2) is 6.57 Å². The molecular weight excluding hydrogens is 254 g/mol. The van der Waals surface area contributed by atoms with Crippen LogP contribution in [0, 0.1) is 13.5 Å². The van der Waals surface area contributed by atoms with E-state index in [1.54, 1.807) is 13.1 Å². The first kappa shape index (κ1) is 14.5. The van der Waals surface area contributed by atoms with E-state index in [2.05, 4.69) is 15.1 Å². The molecule has 0 saturated carbocycles. The first-order chi connectivity index (χ1) is 9.50. The Balaban J connectivity index is 2.25. The maximum Gasteiger partial charge on any atom is 0.323 e. The van der Waals surface area contributed by atoms with Gasteiger partial charge in [0.1, 0.15) is 12.1 Å². The van der Waals surface area contributed by atoms with Crippen LogP contribution in [-0.2, 0) is 9.53 Å². The van der Waals surface area contributed by atoms with Gasteiger partial charge in [-0.2, -0.15) is 0 Å². The van der Waals surface area contributed by atoms with Gasteiger partial charge in [-0.15, -0.1) is 0 Å². The van der Waals surface area contributed by atoms with Crippen LogP contribution in [0.5, 0.6) is 0 Å². The van der Waals surface area contributed by atoms with Gasteiger partial charge >= 0.3 is 5.97 Å². The Bertz CT molecular complexity index is 535. The van der Waals surface area contributed by atoms with Gasteiger partial charge in [-0.05, 0) is 25.5 Å². The van der Waals surface area contributed by atoms with Gasteiger partial charge in [0.15, 0.2) is 0 Å². The monoisotopic (exact) mass is 273 g/mol. The van der Waals surface area contributed by atoms with Crippen LogP contribution in [0.15, 0.2) is 18.3 Å². The Hall–Kier alpha value is -1.93. The smallest absolute Gasteiger partial charge is 0.323 e. The molecule has 3 atom stereocenters. The van der Waals surface area contributed by atoms with Gasteiger partial charge in [-0.1, -0.05) is 6.07 Å².